The predicted molar refractivity (Wildman–Crippen MR) is 98.9 cm³/mol. The normalized spacial score (nSPS) is 17.0. The first-order valence-corrected chi connectivity index (χ1v) is 9.25. The smallest absolute Gasteiger partial charge is 0.242 e. The second kappa shape index (κ2) is 9.09. The number of carbonyl (C=O) groups is 2. The van der Waals surface area contributed by atoms with Crippen LogP contribution in [-0.2, 0) is 9.59 Å². The maximum Gasteiger partial charge on any atom is 0.242 e. The molecule has 1 fully saturated rings. The lowest BCUT2D eigenvalue weighted by Gasteiger charge is -2.25. The van der Waals surface area contributed by atoms with E-state index in [0.717, 1.165) is 24.2 Å². The van der Waals surface area contributed by atoms with Crippen molar-refractivity contribution in [2.45, 2.75) is 46.1 Å². The molecule has 6 heteroatoms. The number of aryl methyl sites for hydroxylation is 1. The van der Waals surface area contributed by atoms with E-state index in [1.165, 1.54) is 0 Å². The van der Waals surface area contributed by atoms with E-state index in [9.17, 15) is 9.59 Å². The Morgan fingerprint density at radius 2 is 2.16 bits per heavy atom. The van der Waals surface area contributed by atoms with Crippen LogP contribution in [0, 0.1) is 12.8 Å². The Morgan fingerprint density at radius 3 is 2.84 bits per heavy atom. The highest BCUT2D eigenvalue weighted by molar-refractivity contribution is 6.30. The molecule has 1 saturated heterocycles. The van der Waals surface area contributed by atoms with Crippen molar-refractivity contribution in [3.05, 3.63) is 28.8 Å². The lowest BCUT2D eigenvalue weighted by atomic mass is 10.1. The molecule has 0 bridgehead atoms. The van der Waals surface area contributed by atoms with E-state index in [1.54, 1.807) is 11.0 Å². The van der Waals surface area contributed by atoms with Crippen LogP contribution in [0.3, 0.4) is 0 Å². The summed E-state index contributed by atoms with van der Waals surface area (Å²) in [7, 11) is 0. The van der Waals surface area contributed by atoms with Crippen molar-refractivity contribution in [3.8, 4) is 5.75 Å². The Kier molecular flexibility index (Phi) is 7.12. The van der Waals surface area contributed by atoms with Crippen molar-refractivity contribution in [2.75, 3.05) is 19.7 Å². The molecule has 0 aliphatic carbocycles. The molecule has 1 aromatic carbocycles. The predicted octanol–water partition coefficient (Wildman–Crippen LogP) is 3.18. The summed E-state index contributed by atoms with van der Waals surface area (Å²) >= 11 is 5.92. The number of amides is 2. The molecule has 0 spiro atoms. The molecule has 1 N–H and O–H groups in total. The number of halogens is 1. The van der Waals surface area contributed by atoms with Gasteiger partial charge in [-0.3, -0.25) is 9.59 Å². The van der Waals surface area contributed by atoms with E-state index in [1.807, 2.05) is 32.9 Å². The van der Waals surface area contributed by atoms with Gasteiger partial charge in [0.15, 0.2) is 0 Å². The van der Waals surface area contributed by atoms with Crippen molar-refractivity contribution in [1.29, 1.82) is 0 Å². The third kappa shape index (κ3) is 5.36. The van der Waals surface area contributed by atoms with Crippen LogP contribution in [0.4, 0.5) is 0 Å². The van der Waals surface area contributed by atoms with Crippen molar-refractivity contribution in [1.82, 2.24) is 10.2 Å². The molecular formula is C19H27ClN2O3. The van der Waals surface area contributed by atoms with Gasteiger partial charge in [-0.1, -0.05) is 25.4 Å². The number of ether oxygens (including phenoxy) is 1. The van der Waals surface area contributed by atoms with Gasteiger partial charge in [-0.2, -0.15) is 0 Å². The Labute approximate surface area is 154 Å². The molecule has 2 rings (SSSR count). The number of benzene rings is 1. The molecule has 1 heterocycles. The van der Waals surface area contributed by atoms with E-state index in [-0.39, 0.29) is 23.8 Å². The summed E-state index contributed by atoms with van der Waals surface area (Å²) in [5, 5.41) is 3.61. The summed E-state index contributed by atoms with van der Waals surface area (Å²) < 4.78 is 5.72. The number of nitrogens with zero attached hydrogens (tertiary/aromatic N) is 1. The quantitative estimate of drug-likeness (QED) is 0.754. The first-order valence-electron chi connectivity index (χ1n) is 8.87. The Balaban J connectivity index is 1.72. The zero-order chi connectivity index (χ0) is 18.4. The number of likely N-dealkylation sites (tertiary alicyclic amines) is 1. The highest BCUT2D eigenvalue weighted by atomic mass is 35.5. The highest BCUT2D eigenvalue weighted by Crippen LogP contribution is 2.22. The van der Waals surface area contributed by atoms with Crippen LogP contribution in [-0.4, -0.2) is 42.5 Å². The van der Waals surface area contributed by atoms with E-state index in [0.29, 0.717) is 31.1 Å². The van der Waals surface area contributed by atoms with E-state index in [2.05, 4.69) is 5.32 Å². The van der Waals surface area contributed by atoms with Crippen molar-refractivity contribution >= 4 is 23.4 Å². The van der Waals surface area contributed by atoms with Crippen molar-refractivity contribution < 1.29 is 14.3 Å². The molecule has 138 valence electrons. The summed E-state index contributed by atoms with van der Waals surface area (Å²) in [6.45, 7) is 7.41. The minimum absolute atomic E-state index is 0.0548. The summed E-state index contributed by atoms with van der Waals surface area (Å²) in [4.78, 5) is 26.2. The van der Waals surface area contributed by atoms with Gasteiger partial charge >= 0.3 is 0 Å². The molecule has 5 nitrogen and oxygen atoms in total. The molecule has 0 radical (unpaired) electrons. The summed E-state index contributed by atoms with van der Waals surface area (Å²) in [5.74, 6) is 0.720. The third-order valence-corrected chi connectivity index (χ3v) is 4.58. The Morgan fingerprint density at radius 1 is 1.40 bits per heavy atom. The van der Waals surface area contributed by atoms with Crippen LogP contribution in [0.5, 0.6) is 5.75 Å². The second-order valence-electron chi connectivity index (χ2n) is 6.75. The average Bonchev–Trinajstić information content (AvgIpc) is 3.04. The zero-order valence-corrected chi connectivity index (χ0v) is 15.9. The van der Waals surface area contributed by atoms with E-state index in [4.69, 9.17) is 16.3 Å². The first kappa shape index (κ1) is 19.6. The average molecular weight is 367 g/mol. The Hall–Kier alpha value is -1.75. The van der Waals surface area contributed by atoms with Gasteiger partial charge in [-0.15, -0.1) is 0 Å². The molecular weight excluding hydrogens is 340 g/mol. The molecule has 1 aliphatic heterocycles. The van der Waals surface area contributed by atoms with E-state index < -0.39 is 0 Å². The fourth-order valence-corrected chi connectivity index (χ4v) is 3.22. The van der Waals surface area contributed by atoms with Gasteiger partial charge in [0, 0.05) is 24.0 Å². The number of nitrogens with one attached hydrogen (secondary N) is 1. The van der Waals surface area contributed by atoms with Gasteiger partial charge in [0.05, 0.1) is 6.61 Å². The fraction of sp³-hybridized carbons (Fsp3) is 0.579. The van der Waals surface area contributed by atoms with Crippen LogP contribution in [0.2, 0.25) is 5.02 Å². The number of hydrogen-bond acceptors (Lipinski definition) is 3. The molecule has 0 aromatic heterocycles. The number of rotatable bonds is 7. The van der Waals surface area contributed by atoms with Crippen LogP contribution in [0.15, 0.2) is 18.2 Å². The van der Waals surface area contributed by atoms with Gasteiger partial charge in [0.2, 0.25) is 11.8 Å². The van der Waals surface area contributed by atoms with Crippen LogP contribution in [0.1, 0.15) is 38.7 Å². The lowest BCUT2D eigenvalue weighted by molar-refractivity contribution is -0.140. The molecule has 1 aliphatic rings. The largest absolute Gasteiger partial charge is 0.493 e. The molecule has 1 aromatic rings. The summed E-state index contributed by atoms with van der Waals surface area (Å²) in [6.07, 6.45) is 2.33. The van der Waals surface area contributed by atoms with Crippen molar-refractivity contribution in [3.63, 3.8) is 0 Å². The third-order valence-electron chi connectivity index (χ3n) is 4.35. The second-order valence-corrected chi connectivity index (χ2v) is 7.18. The minimum Gasteiger partial charge on any atom is -0.493 e. The molecule has 1 unspecified atom stereocenters. The zero-order valence-electron chi connectivity index (χ0n) is 15.2. The summed E-state index contributed by atoms with van der Waals surface area (Å²) in [6, 6.07) is 5.18. The standard InChI is InChI=1S/C19H27ClN2O3/c1-13(2)19(24)22-10-4-6-16(22)18(23)21-9-5-11-25-17-8-7-15(20)12-14(17)3/h7-8,12-13,16H,4-6,9-11H2,1-3H3,(H,21,23). The fourth-order valence-electron chi connectivity index (χ4n) is 2.99. The highest BCUT2D eigenvalue weighted by Gasteiger charge is 2.34. The Bertz CT molecular complexity index is 619. The SMILES string of the molecule is Cc1cc(Cl)ccc1OCCCNC(=O)C1CCCN1C(=O)C(C)C. The van der Waals surface area contributed by atoms with Crippen molar-refractivity contribution in [2.24, 2.45) is 5.92 Å². The van der Waals surface area contributed by atoms with Gasteiger partial charge in [0.1, 0.15) is 11.8 Å². The van der Waals surface area contributed by atoms with Gasteiger partial charge < -0.3 is 15.0 Å². The topological polar surface area (TPSA) is 58.6 Å². The summed E-state index contributed by atoms with van der Waals surface area (Å²) in [5.41, 5.74) is 0.991. The van der Waals surface area contributed by atoms with Crippen LogP contribution in [0.25, 0.3) is 0 Å². The van der Waals surface area contributed by atoms with Gasteiger partial charge in [-0.05, 0) is 49.9 Å². The monoisotopic (exact) mass is 366 g/mol. The minimum atomic E-state index is -0.325. The number of hydrogen-bond donors (Lipinski definition) is 1. The maximum absolute atomic E-state index is 12.3. The molecule has 25 heavy (non-hydrogen) atoms. The van der Waals surface area contributed by atoms with E-state index >= 15 is 0 Å². The van der Waals surface area contributed by atoms with Gasteiger partial charge in [-0.25, -0.2) is 0 Å². The van der Waals surface area contributed by atoms with Crippen LogP contribution >= 0.6 is 11.6 Å². The molecule has 1 atom stereocenters. The number of carbonyl (C=O) groups excluding carboxylic acids is 2. The first-order chi connectivity index (χ1) is 11.9. The maximum atomic E-state index is 12.3. The lowest BCUT2D eigenvalue weighted by Crippen LogP contribution is -2.47. The van der Waals surface area contributed by atoms with Crippen LogP contribution < -0.4 is 10.1 Å². The molecule has 0 saturated carbocycles. The molecule has 2 amide bonds. The van der Waals surface area contributed by atoms with Gasteiger partial charge in [0.25, 0.3) is 0 Å².